The Morgan fingerprint density at radius 2 is 2.00 bits per heavy atom. The third kappa shape index (κ3) is 4.63. The summed E-state index contributed by atoms with van der Waals surface area (Å²) >= 11 is 1.61. The van der Waals surface area contributed by atoms with Crippen molar-refractivity contribution in [2.75, 3.05) is 11.1 Å². The lowest BCUT2D eigenvalue weighted by molar-refractivity contribution is 1.00. The maximum Gasteiger partial charge on any atom is 0.131 e. The molecule has 3 N–H and O–H groups in total. The number of benzene rings is 1. The number of allylic oxidation sites excluding steroid dienone is 2. The van der Waals surface area contributed by atoms with Crippen LogP contribution in [-0.4, -0.2) is 4.98 Å². The summed E-state index contributed by atoms with van der Waals surface area (Å²) in [5.74, 6) is 1.57. The maximum atomic E-state index is 5.71. The summed E-state index contributed by atoms with van der Waals surface area (Å²) in [5.41, 5.74) is 8.77. The van der Waals surface area contributed by atoms with E-state index in [-0.39, 0.29) is 0 Å². The van der Waals surface area contributed by atoms with Crippen molar-refractivity contribution in [2.45, 2.75) is 29.7 Å². The Morgan fingerprint density at radius 1 is 1.26 bits per heavy atom. The molecule has 0 bridgehead atoms. The van der Waals surface area contributed by atoms with Crippen LogP contribution >= 0.6 is 11.8 Å². The molecule has 0 aliphatic heterocycles. The Kier molecular flexibility index (Phi) is 4.72. The van der Waals surface area contributed by atoms with Gasteiger partial charge in [0.1, 0.15) is 10.8 Å². The lowest BCUT2D eigenvalue weighted by Crippen LogP contribution is -1.99. The fourth-order valence-corrected chi connectivity index (χ4v) is 3.13. The molecule has 2 aromatic rings. The maximum absolute atomic E-state index is 5.71. The minimum Gasteiger partial charge on any atom is -0.399 e. The molecule has 1 fully saturated rings. The van der Waals surface area contributed by atoms with Gasteiger partial charge in [-0.15, -0.1) is 0 Å². The highest BCUT2D eigenvalue weighted by atomic mass is 32.2. The van der Waals surface area contributed by atoms with Gasteiger partial charge in [0.05, 0.1) is 0 Å². The topological polar surface area (TPSA) is 50.9 Å². The van der Waals surface area contributed by atoms with Crippen LogP contribution in [0.5, 0.6) is 0 Å². The van der Waals surface area contributed by atoms with Gasteiger partial charge in [-0.2, -0.15) is 0 Å². The number of nitrogens with zero attached hydrogens (tertiary/aromatic N) is 1. The molecule has 0 spiro atoms. The normalized spacial score (nSPS) is 14.6. The van der Waals surface area contributed by atoms with E-state index in [0.717, 1.165) is 33.0 Å². The van der Waals surface area contributed by atoms with E-state index in [1.54, 1.807) is 11.8 Å². The molecule has 0 amide bonds. The summed E-state index contributed by atoms with van der Waals surface area (Å²) in [4.78, 5) is 5.75. The second kappa shape index (κ2) is 6.92. The van der Waals surface area contributed by atoms with Crippen LogP contribution in [0.2, 0.25) is 0 Å². The highest BCUT2D eigenvalue weighted by Gasteiger charge is 2.22. The predicted molar refractivity (Wildman–Crippen MR) is 98.5 cm³/mol. The predicted octanol–water partition coefficient (Wildman–Crippen LogP) is 5.10. The van der Waals surface area contributed by atoms with E-state index >= 15 is 0 Å². The van der Waals surface area contributed by atoms with E-state index in [9.17, 15) is 0 Å². The van der Waals surface area contributed by atoms with Crippen molar-refractivity contribution in [1.29, 1.82) is 0 Å². The second-order valence-corrected chi connectivity index (χ2v) is 6.94. The highest BCUT2D eigenvalue weighted by Crippen LogP contribution is 2.36. The molecule has 23 heavy (non-hydrogen) atoms. The fraction of sp³-hybridized carbons (Fsp3) is 0.211. The second-order valence-electron chi connectivity index (χ2n) is 5.85. The fourth-order valence-electron chi connectivity index (χ4n) is 2.33. The zero-order valence-electron chi connectivity index (χ0n) is 13.3. The number of nitrogen functional groups attached to an aromatic ring is 1. The lowest BCUT2D eigenvalue weighted by atomic mass is 10.1. The molecule has 3 nitrogen and oxygen atoms in total. The largest absolute Gasteiger partial charge is 0.399 e. The van der Waals surface area contributed by atoms with E-state index < -0.39 is 0 Å². The molecule has 1 saturated carbocycles. The van der Waals surface area contributed by atoms with Gasteiger partial charge in [0.25, 0.3) is 0 Å². The molecule has 1 aromatic heterocycles. The van der Waals surface area contributed by atoms with Gasteiger partial charge in [0.15, 0.2) is 0 Å². The molecular formula is C19H21N3S. The lowest BCUT2D eigenvalue weighted by Gasteiger charge is -2.08. The Hall–Kier alpha value is -2.20. The number of anilines is 2. The minimum absolute atomic E-state index is 0.758. The van der Waals surface area contributed by atoms with Crippen LogP contribution in [0.1, 0.15) is 19.8 Å². The number of nitrogens with two attached hydrogens (primary N) is 1. The molecule has 1 aromatic carbocycles. The van der Waals surface area contributed by atoms with E-state index in [2.05, 4.69) is 29.9 Å². The average Bonchev–Trinajstić information content (AvgIpc) is 3.34. The van der Waals surface area contributed by atoms with Gasteiger partial charge in [-0.3, -0.25) is 0 Å². The van der Waals surface area contributed by atoms with Gasteiger partial charge in [-0.1, -0.05) is 30.0 Å². The van der Waals surface area contributed by atoms with Gasteiger partial charge in [0, 0.05) is 16.3 Å². The molecule has 1 aliphatic rings. The summed E-state index contributed by atoms with van der Waals surface area (Å²) in [6.45, 7) is 6.25. The zero-order valence-corrected chi connectivity index (χ0v) is 14.1. The van der Waals surface area contributed by atoms with Crippen LogP contribution in [0.3, 0.4) is 0 Å². The summed E-state index contributed by atoms with van der Waals surface area (Å²) in [5, 5.41) is 4.22. The molecule has 118 valence electrons. The summed E-state index contributed by atoms with van der Waals surface area (Å²) in [6.07, 6.45) is 4.74. The SMILES string of the molecule is C=C(/C=C(\C)C1CC1)Nc1cccc(Sc2ccc(N)cc2)n1. The van der Waals surface area contributed by atoms with E-state index in [0.29, 0.717) is 0 Å². The van der Waals surface area contributed by atoms with Crippen molar-refractivity contribution in [3.8, 4) is 0 Å². The van der Waals surface area contributed by atoms with Gasteiger partial charge in [-0.25, -0.2) is 4.98 Å². The first-order valence-corrected chi connectivity index (χ1v) is 8.56. The molecule has 0 unspecified atom stereocenters. The molecule has 1 aliphatic carbocycles. The summed E-state index contributed by atoms with van der Waals surface area (Å²) in [7, 11) is 0. The molecule has 0 saturated heterocycles. The van der Waals surface area contributed by atoms with Gasteiger partial charge in [0.2, 0.25) is 0 Å². The van der Waals surface area contributed by atoms with Gasteiger partial charge < -0.3 is 11.1 Å². The molecule has 0 atom stereocenters. The quantitative estimate of drug-likeness (QED) is 0.574. The first-order chi connectivity index (χ1) is 11.1. The van der Waals surface area contributed by atoms with Crippen molar-refractivity contribution in [3.63, 3.8) is 0 Å². The van der Waals surface area contributed by atoms with Crippen LogP contribution in [0.4, 0.5) is 11.5 Å². The number of aromatic nitrogens is 1. The highest BCUT2D eigenvalue weighted by molar-refractivity contribution is 7.99. The minimum atomic E-state index is 0.758. The Balaban J connectivity index is 1.66. The van der Waals surface area contributed by atoms with Gasteiger partial charge >= 0.3 is 0 Å². The van der Waals surface area contributed by atoms with Crippen LogP contribution in [0.25, 0.3) is 0 Å². The van der Waals surface area contributed by atoms with Crippen molar-refractivity contribution >= 4 is 23.3 Å². The van der Waals surface area contributed by atoms with E-state index in [1.807, 2.05) is 42.5 Å². The average molecular weight is 323 g/mol. The zero-order chi connectivity index (χ0) is 16.2. The van der Waals surface area contributed by atoms with Crippen molar-refractivity contribution in [1.82, 2.24) is 4.98 Å². The first-order valence-electron chi connectivity index (χ1n) is 7.75. The first kappa shape index (κ1) is 15.7. The smallest absolute Gasteiger partial charge is 0.131 e. The standard InChI is InChI=1S/C19H21N3S/c1-13(15-6-7-15)12-14(2)21-18-4-3-5-19(22-18)23-17-10-8-16(20)9-11-17/h3-5,8-12,15H,2,6-7,20H2,1H3,(H,21,22)/b13-12+. The summed E-state index contributed by atoms with van der Waals surface area (Å²) < 4.78 is 0. The van der Waals surface area contributed by atoms with E-state index in [4.69, 9.17) is 5.73 Å². The van der Waals surface area contributed by atoms with Crippen LogP contribution in [-0.2, 0) is 0 Å². The van der Waals surface area contributed by atoms with Gasteiger partial charge in [-0.05, 0) is 68.2 Å². The number of hydrogen-bond donors (Lipinski definition) is 2. The van der Waals surface area contributed by atoms with Crippen molar-refractivity contribution in [3.05, 3.63) is 66.4 Å². The Labute approximate surface area is 141 Å². The van der Waals surface area contributed by atoms with Crippen molar-refractivity contribution in [2.24, 2.45) is 5.92 Å². The molecule has 0 radical (unpaired) electrons. The number of rotatable bonds is 6. The summed E-state index contributed by atoms with van der Waals surface area (Å²) in [6, 6.07) is 13.8. The van der Waals surface area contributed by atoms with Crippen LogP contribution in [0, 0.1) is 5.92 Å². The Morgan fingerprint density at radius 3 is 2.70 bits per heavy atom. The van der Waals surface area contributed by atoms with E-state index in [1.165, 1.54) is 18.4 Å². The Bertz CT molecular complexity index is 731. The monoisotopic (exact) mass is 323 g/mol. The number of nitrogens with one attached hydrogen (secondary N) is 1. The molecular weight excluding hydrogens is 302 g/mol. The number of hydrogen-bond acceptors (Lipinski definition) is 4. The molecule has 3 rings (SSSR count). The van der Waals surface area contributed by atoms with Crippen molar-refractivity contribution < 1.29 is 0 Å². The number of pyridine rings is 1. The van der Waals surface area contributed by atoms with Crippen LogP contribution in [0.15, 0.2) is 76.3 Å². The molecule has 1 heterocycles. The third-order valence-electron chi connectivity index (χ3n) is 3.74. The third-order valence-corrected chi connectivity index (χ3v) is 4.68. The molecule has 4 heteroatoms. The van der Waals surface area contributed by atoms with Crippen LogP contribution < -0.4 is 11.1 Å².